The van der Waals surface area contributed by atoms with Crippen LogP contribution in [0.4, 0.5) is 14.9 Å². The second-order valence-electron chi connectivity index (χ2n) is 7.97. The van der Waals surface area contributed by atoms with Gasteiger partial charge in [-0.2, -0.15) is 0 Å². The van der Waals surface area contributed by atoms with Crippen LogP contribution in [-0.4, -0.2) is 41.7 Å². The van der Waals surface area contributed by atoms with E-state index >= 15 is 0 Å². The molecule has 158 valence electrons. The van der Waals surface area contributed by atoms with Gasteiger partial charge in [-0.15, -0.1) is 0 Å². The molecule has 2 saturated heterocycles. The smallest absolute Gasteiger partial charge is 0.322 e. The van der Waals surface area contributed by atoms with Crippen molar-refractivity contribution in [1.82, 2.24) is 15.5 Å². The minimum Gasteiger partial charge on any atom is -0.331 e. The highest BCUT2D eigenvalue weighted by Crippen LogP contribution is 2.33. The van der Waals surface area contributed by atoms with E-state index in [1.54, 1.807) is 35.2 Å². The van der Waals surface area contributed by atoms with Gasteiger partial charge in [0.2, 0.25) is 5.91 Å². The van der Waals surface area contributed by atoms with Gasteiger partial charge >= 0.3 is 6.03 Å². The Morgan fingerprint density at radius 1 is 1.03 bits per heavy atom. The SMILES string of the molecule is O=C1NC(=O)[C@](CN2Cc3ccc(F)cc3C2=O)(c2ccc(N3CCCC3=O)cc2)N1. The van der Waals surface area contributed by atoms with E-state index < -0.39 is 29.2 Å². The van der Waals surface area contributed by atoms with E-state index in [2.05, 4.69) is 10.6 Å². The summed E-state index contributed by atoms with van der Waals surface area (Å²) in [6, 6.07) is 10.2. The largest absolute Gasteiger partial charge is 0.331 e. The molecular weight excluding hydrogens is 403 g/mol. The lowest BCUT2D eigenvalue weighted by molar-refractivity contribution is -0.124. The molecule has 5 amide bonds. The van der Waals surface area contributed by atoms with Crippen molar-refractivity contribution < 1.29 is 23.6 Å². The molecule has 0 spiro atoms. The summed E-state index contributed by atoms with van der Waals surface area (Å²) in [6.45, 7) is 0.735. The Bertz CT molecular complexity index is 1130. The highest BCUT2D eigenvalue weighted by molar-refractivity contribution is 6.08. The summed E-state index contributed by atoms with van der Waals surface area (Å²) in [5.41, 5.74) is 0.630. The highest BCUT2D eigenvalue weighted by Gasteiger charge is 2.50. The molecule has 8 nitrogen and oxygen atoms in total. The van der Waals surface area contributed by atoms with Crippen LogP contribution < -0.4 is 15.5 Å². The number of urea groups is 1. The number of fused-ring (bicyclic) bond motifs is 1. The molecule has 5 rings (SSSR count). The van der Waals surface area contributed by atoms with Crippen LogP contribution in [0, 0.1) is 5.82 Å². The van der Waals surface area contributed by atoms with Crippen LogP contribution in [0.2, 0.25) is 0 Å². The number of nitrogens with one attached hydrogen (secondary N) is 2. The number of halogens is 1. The minimum atomic E-state index is -1.49. The van der Waals surface area contributed by atoms with Crippen LogP contribution in [0.3, 0.4) is 0 Å². The first-order valence-corrected chi connectivity index (χ1v) is 10.00. The van der Waals surface area contributed by atoms with Crippen molar-refractivity contribution in [3.63, 3.8) is 0 Å². The fraction of sp³-hybridized carbons (Fsp3) is 0.273. The molecule has 31 heavy (non-hydrogen) atoms. The molecule has 0 saturated carbocycles. The molecule has 1 atom stereocenters. The highest BCUT2D eigenvalue weighted by atomic mass is 19.1. The van der Waals surface area contributed by atoms with Crippen molar-refractivity contribution in [2.45, 2.75) is 24.9 Å². The standard InChI is InChI=1S/C22H19FN4O4/c23-15-6-3-13-11-26(19(29)17(13)10-15)12-22(20(30)24-21(31)25-22)14-4-7-16(8-5-14)27-9-1-2-18(27)28/h3-8,10H,1-2,9,11-12H2,(H2,24,25,30,31)/t22-/m0/s1. The van der Waals surface area contributed by atoms with Gasteiger partial charge in [-0.05, 0) is 41.8 Å². The second kappa shape index (κ2) is 6.90. The first-order chi connectivity index (χ1) is 14.9. The van der Waals surface area contributed by atoms with E-state index in [1.807, 2.05) is 0 Å². The molecule has 0 radical (unpaired) electrons. The van der Waals surface area contributed by atoms with Crippen LogP contribution in [0.5, 0.6) is 0 Å². The molecule has 2 aromatic rings. The summed E-state index contributed by atoms with van der Waals surface area (Å²) < 4.78 is 13.6. The first kappa shape index (κ1) is 19.2. The maximum atomic E-state index is 13.6. The van der Waals surface area contributed by atoms with Crippen LogP contribution in [0.1, 0.15) is 34.3 Å². The van der Waals surface area contributed by atoms with E-state index in [0.29, 0.717) is 29.8 Å². The third-order valence-corrected chi connectivity index (χ3v) is 6.07. The summed E-state index contributed by atoms with van der Waals surface area (Å²) in [7, 11) is 0. The molecule has 0 aromatic heterocycles. The van der Waals surface area contributed by atoms with E-state index in [0.717, 1.165) is 6.42 Å². The van der Waals surface area contributed by atoms with Crippen LogP contribution in [0.15, 0.2) is 42.5 Å². The Morgan fingerprint density at radius 2 is 1.81 bits per heavy atom. The molecule has 2 fully saturated rings. The van der Waals surface area contributed by atoms with Crippen molar-refractivity contribution >= 4 is 29.4 Å². The van der Waals surface area contributed by atoms with Gasteiger partial charge in [0.1, 0.15) is 5.82 Å². The monoisotopic (exact) mass is 422 g/mol. The van der Waals surface area contributed by atoms with Gasteiger partial charge in [-0.3, -0.25) is 19.7 Å². The van der Waals surface area contributed by atoms with Gasteiger partial charge in [0.25, 0.3) is 11.8 Å². The predicted octanol–water partition coefficient (Wildman–Crippen LogP) is 1.64. The molecule has 0 aliphatic carbocycles. The topological polar surface area (TPSA) is 98.8 Å². The van der Waals surface area contributed by atoms with Gasteiger partial charge in [-0.25, -0.2) is 9.18 Å². The van der Waals surface area contributed by atoms with Gasteiger partial charge < -0.3 is 15.1 Å². The zero-order valence-corrected chi connectivity index (χ0v) is 16.5. The molecule has 3 aliphatic heterocycles. The summed E-state index contributed by atoms with van der Waals surface area (Å²) in [4.78, 5) is 52.8. The quantitative estimate of drug-likeness (QED) is 0.732. The summed E-state index contributed by atoms with van der Waals surface area (Å²) >= 11 is 0. The lowest BCUT2D eigenvalue weighted by atomic mass is 9.89. The molecule has 3 aliphatic rings. The number of imide groups is 1. The zero-order valence-electron chi connectivity index (χ0n) is 16.5. The van der Waals surface area contributed by atoms with Gasteiger partial charge in [0.15, 0.2) is 5.54 Å². The van der Waals surface area contributed by atoms with Crippen LogP contribution >= 0.6 is 0 Å². The maximum Gasteiger partial charge on any atom is 0.322 e. The average molecular weight is 422 g/mol. The lowest BCUT2D eigenvalue weighted by Gasteiger charge is -2.31. The summed E-state index contributed by atoms with van der Waals surface area (Å²) in [6.07, 6.45) is 1.30. The Balaban J connectivity index is 1.47. The van der Waals surface area contributed by atoms with Gasteiger partial charge in [0.05, 0.1) is 6.54 Å². The summed E-state index contributed by atoms with van der Waals surface area (Å²) in [5, 5.41) is 4.92. The van der Waals surface area contributed by atoms with Crippen molar-refractivity contribution in [3.05, 3.63) is 65.0 Å². The third-order valence-electron chi connectivity index (χ3n) is 6.07. The number of carbonyl (C=O) groups excluding carboxylic acids is 4. The fourth-order valence-corrected chi connectivity index (χ4v) is 4.49. The van der Waals surface area contributed by atoms with Gasteiger partial charge in [-0.1, -0.05) is 18.2 Å². The third kappa shape index (κ3) is 3.04. The van der Waals surface area contributed by atoms with Crippen molar-refractivity contribution in [2.75, 3.05) is 18.0 Å². The number of nitrogens with zero attached hydrogens (tertiary/aromatic N) is 2. The van der Waals surface area contributed by atoms with Crippen LogP contribution in [0.25, 0.3) is 0 Å². The number of amides is 5. The number of anilines is 1. The van der Waals surface area contributed by atoms with Crippen molar-refractivity contribution in [2.24, 2.45) is 0 Å². The van der Waals surface area contributed by atoms with E-state index in [-0.39, 0.29) is 24.6 Å². The van der Waals surface area contributed by atoms with E-state index in [1.165, 1.54) is 17.0 Å². The number of benzene rings is 2. The molecule has 9 heteroatoms. The Hall–Kier alpha value is -3.75. The number of hydrogen-bond donors (Lipinski definition) is 2. The number of rotatable bonds is 4. The normalized spacial score (nSPS) is 22.7. The molecule has 2 N–H and O–H groups in total. The summed E-state index contributed by atoms with van der Waals surface area (Å²) in [5.74, 6) is -1.44. The van der Waals surface area contributed by atoms with Gasteiger partial charge in [0, 0.05) is 30.8 Å². The predicted molar refractivity (Wildman–Crippen MR) is 108 cm³/mol. The number of hydrogen-bond acceptors (Lipinski definition) is 4. The molecule has 0 bridgehead atoms. The Kier molecular flexibility index (Phi) is 4.28. The number of carbonyl (C=O) groups is 4. The minimum absolute atomic E-state index is 0.0436. The van der Waals surface area contributed by atoms with Crippen molar-refractivity contribution in [3.8, 4) is 0 Å². The fourth-order valence-electron chi connectivity index (χ4n) is 4.49. The first-order valence-electron chi connectivity index (χ1n) is 10.00. The Morgan fingerprint density at radius 3 is 2.45 bits per heavy atom. The lowest BCUT2D eigenvalue weighted by Crippen LogP contribution is -2.52. The van der Waals surface area contributed by atoms with Crippen LogP contribution in [-0.2, 0) is 21.7 Å². The zero-order chi connectivity index (χ0) is 21.8. The van der Waals surface area contributed by atoms with E-state index in [9.17, 15) is 23.6 Å². The molecule has 2 aromatic carbocycles. The maximum absolute atomic E-state index is 13.6. The average Bonchev–Trinajstić information content (AvgIpc) is 3.39. The van der Waals surface area contributed by atoms with Crippen molar-refractivity contribution in [1.29, 1.82) is 0 Å². The second-order valence-corrected chi connectivity index (χ2v) is 7.97. The molecule has 3 heterocycles. The Labute approximate surface area is 177 Å². The molecular formula is C22H19FN4O4. The van der Waals surface area contributed by atoms with E-state index in [4.69, 9.17) is 0 Å². The molecule has 0 unspecified atom stereocenters.